The van der Waals surface area contributed by atoms with Crippen LogP contribution in [0.3, 0.4) is 0 Å². The van der Waals surface area contributed by atoms with Gasteiger partial charge in [0.1, 0.15) is 36.9 Å². The lowest BCUT2D eigenvalue weighted by atomic mass is 9.99. The summed E-state index contributed by atoms with van der Waals surface area (Å²) in [6.45, 7) is 5.02. The molecule has 8 nitrogen and oxygen atoms in total. The molecule has 5 rings (SSSR count). The van der Waals surface area contributed by atoms with Gasteiger partial charge in [-0.3, -0.25) is 14.9 Å². The number of fused-ring (bicyclic) bond motifs is 2. The maximum atomic E-state index is 13.6. The predicted molar refractivity (Wildman–Crippen MR) is 135 cm³/mol. The molecule has 4 aromatic rings. The molecule has 0 unspecified atom stereocenters. The van der Waals surface area contributed by atoms with Crippen molar-refractivity contribution in [3.63, 3.8) is 0 Å². The van der Waals surface area contributed by atoms with Crippen LogP contribution in [-0.4, -0.2) is 18.1 Å². The van der Waals surface area contributed by atoms with E-state index in [-0.39, 0.29) is 17.7 Å². The van der Waals surface area contributed by atoms with E-state index in [1.807, 2.05) is 24.3 Å². The molecular formula is C28H25NO7. The Hall–Kier alpha value is -4.33. The van der Waals surface area contributed by atoms with Crippen LogP contribution in [0.1, 0.15) is 30.2 Å². The van der Waals surface area contributed by atoms with Crippen molar-refractivity contribution in [2.24, 2.45) is 0 Å². The zero-order valence-electron chi connectivity index (χ0n) is 20.0. The summed E-state index contributed by atoms with van der Waals surface area (Å²) in [4.78, 5) is 24.1. The van der Waals surface area contributed by atoms with E-state index in [1.54, 1.807) is 25.1 Å². The van der Waals surface area contributed by atoms with Gasteiger partial charge >= 0.3 is 0 Å². The lowest BCUT2D eigenvalue weighted by molar-refractivity contribution is -0.384. The second kappa shape index (κ2) is 9.73. The number of nitro groups is 1. The van der Waals surface area contributed by atoms with Crippen LogP contribution in [0.5, 0.6) is 17.2 Å². The van der Waals surface area contributed by atoms with Crippen molar-refractivity contribution >= 4 is 16.7 Å². The third-order valence-corrected chi connectivity index (χ3v) is 6.14. The van der Waals surface area contributed by atoms with Gasteiger partial charge in [-0.05, 0) is 60.4 Å². The van der Waals surface area contributed by atoms with Crippen LogP contribution in [0.25, 0.3) is 22.1 Å². The van der Waals surface area contributed by atoms with E-state index in [9.17, 15) is 14.9 Å². The van der Waals surface area contributed by atoms with Crippen molar-refractivity contribution in [3.8, 4) is 28.4 Å². The van der Waals surface area contributed by atoms with Crippen molar-refractivity contribution in [2.75, 3.05) is 13.2 Å². The summed E-state index contributed by atoms with van der Waals surface area (Å²) in [5.41, 5.74) is 3.25. The number of ether oxygens (including phenoxy) is 3. The highest BCUT2D eigenvalue weighted by atomic mass is 16.6. The van der Waals surface area contributed by atoms with Gasteiger partial charge in [0.15, 0.2) is 11.5 Å². The third kappa shape index (κ3) is 4.49. The van der Waals surface area contributed by atoms with Crippen molar-refractivity contribution in [2.45, 2.75) is 33.3 Å². The zero-order valence-corrected chi connectivity index (χ0v) is 20.0. The minimum Gasteiger partial charge on any atom is -0.488 e. The Morgan fingerprint density at radius 1 is 1.00 bits per heavy atom. The summed E-state index contributed by atoms with van der Waals surface area (Å²) >= 11 is 0. The summed E-state index contributed by atoms with van der Waals surface area (Å²) in [6, 6.07) is 15.3. The Morgan fingerprint density at radius 3 is 2.47 bits per heavy atom. The summed E-state index contributed by atoms with van der Waals surface area (Å²) in [5.74, 6) is 2.39. The molecule has 0 aliphatic carbocycles. The second-order valence-electron chi connectivity index (χ2n) is 8.64. The Balaban J connectivity index is 1.51. The van der Waals surface area contributed by atoms with Crippen LogP contribution in [-0.2, 0) is 13.0 Å². The van der Waals surface area contributed by atoms with Gasteiger partial charge in [0.05, 0.1) is 15.9 Å². The van der Waals surface area contributed by atoms with Crippen molar-refractivity contribution in [1.29, 1.82) is 0 Å². The molecule has 36 heavy (non-hydrogen) atoms. The molecule has 2 heterocycles. The fourth-order valence-corrected chi connectivity index (χ4v) is 4.39. The molecule has 0 saturated heterocycles. The van der Waals surface area contributed by atoms with Crippen LogP contribution in [0.2, 0.25) is 0 Å². The quantitative estimate of drug-likeness (QED) is 0.233. The van der Waals surface area contributed by atoms with Crippen LogP contribution >= 0.6 is 0 Å². The van der Waals surface area contributed by atoms with Crippen molar-refractivity contribution < 1.29 is 23.6 Å². The van der Waals surface area contributed by atoms with E-state index in [0.29, 0.717) is 58.3 Å². The fourth-order valence-electron chi connectivity index (χ4n) is 4.39. The Bertz CT molecular complexity index is 1510. The maximum Gasteiger partial charge on any atom is 0.269 e. The first-order valence-electron chi connectivity index (χ1n) is 11.8. The Kier molecular flexibility index (Phi) is 6.33. The average molecular weight is 488 g/mol. The van der Waals surface area contributed by atoms with Gasteiger partial charge in [-0.15, -0.1) is 0 Å². The van der Waals surface area contributed by atoms with Gasteiger partial charge in [0, 0.05) is 18.2 Å². The van der Waals surface area contributed by atoms with E-state index in [0.717, 1.165) is 24.0 Å². The zero-order chi connectivity index (χ0) is 25.2. The highest BCUT2D eigenvalue weighted by Crippen LogP contribution is 2.36. The predicted octanol–water partition coefficient (Wildman–Crippen LogP) is 5.98. The van der Waals surface area contributed by atoms with E-state index in [4.69, 9.17) is 18.6 Å². The normalized spacial score (nSPS) is 12.5. The molecule has 1 aromatic heterocycles. The number of rotatable bonds is 7. The Morgan fingerprint density at radius 2 is 1.75 bits per heavy atom. The minimum absolute atomic E-state index is 0.0298. The number of hydrogen-bond acceptors (Lipinski definition) is 7. The molecule has 0 N–H and O–H groups in total. The molecule has 3 aromatic carbocycles. The molecule has 0 radical (unpaired) electrons. The van der Waals surface area contributed by atoms with Gasteiger partial charge in [-0.2, -0.15) is 0 Å². The SMILES string of the molecule is CCCc1cc2c(=O)c(-c3ccc4c(c3)OCCO4)c(C)oc2cc1OCc1ccc([N+](=O)[O-])cc1. The largest absolute Gasteiger partial charge is 0.488 e. The van der Waals surface area contributed by atoms with Crippen LogP contribution in [0.4, 0.5) is 5.69 Å². The standard InChI is InChI=1S/C28H25NO7/c1-3-4-19-13-22-25(15-24(19)35-16-18-5-8-21(9-6-18)29(31)32)36-17(2)27(28(22)30)20-7-10-23-26(14-20)34-12-11-33-23/h5-10,13-15H,3-4,11-12,16H2,1-2H3. The molecule has 0 amide bonds. The molecular weight excluding hydrogens is 462 g/mol. The van der Waals surface area contributed by atoms with Gasteiger partial charge in [-0.1, -0.05) is 19.4 Å². The number of nitro benzene ring substituents is 1. The molecule has 0 bridgehead atoms. The van der Waals surface area contributed by atoms with E-state index in [1.165, 1.54) is 12.1 Å². The van der Waals surface area contributed by atoms with Gasteiger partial charge < -0.3 is 18.6 Å². The highest BCUT2D eigenvalue weighted by molar-refractivity contribution is 5.85. The third-order valence-electron chi connectivity index (χ3n) is 6.14. The van der Waals surface area contributed by atoms with Crippen LogP contribution < -0.4 is 19.6 Å². The van der Waals surface area contributed by atoms with Crippen molar-refractivity contribution in [1.82, 2.24) is 0 Å². The smallest absolute Gasteiger partial charge is 0.269 e. The monoisotopic (exact) mass is 487 g/mol. The maximum absolute atomic E-state index is 13.6. The lowest BCUT2D eigenvalue weighted by Gasteiger charge is -2.19. The number of aryl methyl sites for hydroxylation is 2. The topological polar surface area (TPSA) is 101 Å². The molecule has 184 valence electrons. The molecule has 0 fully saturated rings. The van der Waals surface area contributed by atoms with Gasteiger partial charge in [-0.25, -0.2) is 0 Å². The first-order valence-corrected chi connectivity index (χ1v) is 11.8. The first kappa shape index (κ1) is 23.4. The highest BCUT2D eigenvalue weighted by Gasteiger charge is 2.19. The summed E-state index contributed by atoms with van der Waals surface area (Å²) in [6.07, 6.45) is 1.59. The van der Waals surface area contributed by atoms with E-state index >= 15 is 0 Å². The Labute approximate surface area is 207 Å². The summed E-state index contributed by atoms with van der Waals surface area (Å²) in [7, 11) is 0. The number of benzene rings is 3. The number of hydrogen-bond donors (Lipinski definition) is 0. The number of non-ortho nitro benzene ring substituents is 1. The molecule has 1 aliphatic rings. The van der Waals surface area contributed by atoms with Gasteiger partial charge in [0.25, 0.3) is 5.69 Å². The summed E-state index contributed by atoms with van der Waals surface area (Å²) in [5, 5.41) is 11.4. The molecule has 1 aliphatic heterocycles. The van der Waals surface area contributed by atoms with E-state index < -0.39 is 4.92 Å². The molecule has 0 atom stereocenters. The second-order valence-corrected chi connectivity index (χ2v) is 8.64. The van der Waals surface area contributed by atoms with E-state index in [2.05, 4.69) is 6.92 Å². The first-order chi connectivity index (χ1) is 17.4. The fraction of sp³-hybridized carbons (Fsp3) is 0.250. The molecule has 0 spiro atoms. The number of nitrogens with zero attached hydrogens (tertiary/aromatic N) is 1. The summed E-state index contributed by atoms with van der Waals surface area (Å²) < 4.78 is 23.5. The minimum atomic E-state index is -0.434. The van der Waals surface area contributed by atoms with Crippen molar-refractivity contribution in [3.05, 3.63) is 91.8 Å². The molecule has 8 heteroatoms. The van der Waals surface area contributed by atoms with Gasteiger partial charge in [0.2, 0.25) is 5.43 Å². The van der Waals surface area contributed by atoms with Crippen LogP contribution in [0.15, 0.2) is 63.8 Å². The average Bonchev–Trinajstić information content (AvgIpc) is 2.88. The van der Waals surface area contributed by atoms with Crippen LogP contribution in [0, 0.1) is 17.0 Å². The molecule has 0 saturated carbocycles. The lowest BCUT2D eigenvalue weighted by Crippen LogP contribution is -2.15.